The second-order valence-corrected chi connectivity index (χ2v) is 4.92. The molecule has 2 atom stereocenters. The Morgan fingerprint density at radius 3 is 2.83 bits per heavy atom. The van der Waals surface area contributed by atoms with E-state index in [0.717, 1.165) is 42.8 Å². The average Bonchev–Trinajstić information content (AvgIpc) is 2.31. The van der Waals surface area contributed by atoms with Crippen molar-refractivity contribution in [3.8, 4) is 0 Å². The van der Waals surface area contributed by atoms with Crippen molar-refractivity contribution < 1.29 is 0 Å². The first-order valence-electron chi connectivity index (χ1n) is 6.44. The van der Waals surface area contributed by atoms with Gasteiger partial charge in [-0.05, 0) is 44.9 Å². The van der Waals surface area contributed by atoms with E-state index in [1.807, 2.05) is 13.8 Å². The summed E-state index contributed by atoms with van der Waals surface area (Å²) < 4.78 is 0. The predicted molar refractivity (Wildman–Crippen MR) is 78.4 cm³/mol. The molecule has 0 aromatic rings. The number of nitrogens with one attached hydrogen (secondary N) is 2. The number of piperidine rings is 1. The minimum atomic E-state index is 0.212. The lowest BCUT2D eigenvalue weighted by Gasteiger charge is -2.29. The van der Waals surface area contributed by atoms with Gasteiger partial charge in [-0.25, -0.2) is 0 Å². The van der Waals surface area contributed by atoms with Gasteiger partial charge in [0.1, 0.15) is 0 Å². The van der Waals surface area contributed by atoms with E-state index in [1.54, 1.807) is 6.08 Å². The topological polar surface area (TPSA) is 74.3 Å². The Bertz CT molecular complexity index is 368. The molecule has 0 spiro atoms. The van der Waals surface area contributed by atoms with E-state index >= 15 is 0 Å². The van der Waals surface area contributed by atoms with Crippen LogP contribution in [0, 0.1) is 5.41 Å². The number of hydrogen-bond donors (Lipinski definition) is 3. The van der Waals surface area contributed by atoms with E-state index in [4.69, 9.17) is 11.1 Å². The highest BCUT2D eigenvalue weighted by atomic mass is 15.0. The zero-order valence-corrected chi connectivity index (χ0v) is 11.4. The first-order valence-corrected chi connectivity index (χ1v) is 6.44. The molecule has 1 fully saturated rings. The van der Waals surface area contributed by atoms with Gasteiger partial charge in [0.25, 0.3) is 0 Å². The second kappa shape index (κ2) is 7.24. The summed E-state index contributed by atoms with van der Waals surface area (Å²) in [7, 11) is 0. The Kier molecular flexibility index (Phi) is 5.95. The van der Waals surface area contributed by atoms with Crippen LogP contribution in [0.4, 0.5) is 0 Å². The third-order valence-corrected chi connectivity index (χ3v) is 3.14. The molecule has 1 rings (SSSR count). The summed E-state index contributed by atoms with van der Waals surface area (Å²) in [5, 5.41) is 10.6. The van der Waals surface area contributed by atoms with Gasteiger partial charge in [-0.2, -0.15) is 0 Å². The number of rotatable bonds is 5. The summed E-state index contributed by atoms with van der Waals surface area (Å²) in [6.45, 7) is 8.81. The zero-order valence-electron chi connectivity index (χ0n) is 11.4. The quantitative estimate of drug-likeness (QED) is 0.514. The summed E-state index contributed by atoms with van der Waals surface area (Å²) in [4.78, 5) is 4.53. The Morgan fingerprint density at radius 1 is 1.56 bits per heavy atom. The van der Waals surface area contributed by atoms with Crippen LogP contribution < -0.4 is 11.1 Å². The molecule has 1 saturated heterocycles. The smallest absolute Gasteiger partial charge is 0.0667 e. The van der Waals surface area contributed by atoms with Crippen molar-refractivity contribution in [2.75, 3.05) is 6.54 Å². The molecule has 0 aliphatic carbocycles. The van der Waals surface area contributed by atoms with Crippen LogP contribution in [0.3, 0.4) is 0 Å². The van der Waals surface area contributed by atoms with Crippen molar-refractivity contribution in [3.63, 3.8) is 0 Å². The molecule has 1 aliphatic heterocycles. The van der Waals surface area contributed by atoms with Gasteiger partial charge in [0.2, 0.25) is 0 Å². The summed E-state index contributed by atoms with van der Waals surface area (Å²) in [5.74, 6) is 0. The van der Waals surface area contributed by atoms with Gasteiger partial charge >= 0.3 is 0 Å². The van der Waals surface area contributed by atoms with E-state index in [2.05, 4.69) is 16.9 Å². The fraction of sp³-hybridized carbons (Fsp3) is 0.571. The van der Waals surface area contributed by atoms with Gasteiger partial charge in [-0.3, -0.25) is 4.99 Å². The first kappa shape index (κ1) is 14.8. The maximum atomic E-state index is 7.11. The number of hydrogen-bond acceptors (Lipinski definition) is 4. The van der Waals surface area contributed by atoms with Crippen LogP contribution in [0.5, 0.6) is 0 Å². The molecule has 18 heavy (non-hydrogen) atoms. The van der Waals surface area contributed by atoms with Crippen molar-refractivity contribution >= 4 is 11.9 Å². The highest BCUT2D eigenvalue weighted by Gasteiger charge is 2.21. The van der Waals surface area contributed by atoms with Gasteiger partial charge in [-0.15, -0.1) is 0 Å². The molecule has 2 unspecified atom stereocenters. The first-order chi connectivity index (χ1) is 8.54. The van der Waals surface area contributed by atoms with Crippen LogP contribution in [0.15, 0.2) is 28.9 Å². The molecule has 0 aromatic carbocycles. The Labute approximate surface area is 110 Å². The molecule has 0 bridgehead atoms. The van der Waals surface area contributed by atoms with Crippen LogP contribution in [0.2, 0.25) is 0 Å². The molecule has 1 heterocycles. The Balaban J connectivity index is 2.67. The van der Waals surface area contributed by atoms with Gasteiger partial charge in [0.05, 0.1) is 5.70 Å². The maximum absolute atomic E-state index is 7.11. The summed E-state index contributed by atoms with van der Waals surface area (Å²) in [5.41, 5.74) is 8.76. The average molecular weight is 248 g/mol. The van der Waals surface area contributed by atoms with Crippen LogP contribution in [-0.2, 0) is 0 Å². The zero-order chi connectivity index (χ0) is 13.5. The largest absolute Gasteiger partial charge is 0.326 e. The minimum Gasteiger partial charge on any atom is -0.326 e. The van der Waals surface area contributed by atoms with Crippen LogP contribution in [-0.4, -0.2) is 30.6 Å². The standard InChI is InChI=1S/C14H24N4/c1-10(2)13(6-7-15)18-11(3)9-14-12(16)5-4-8-17-14/h6-7,12,14-15,17H,1,4-5,8-9,16H2,2-3H3/b13-6-,15-7?,18-11+. The Morgan fingerprint density at radius 2 is 2.28 bits per heavy atom. The van der Waals surface area contributed by atoms with E-state index in [1.165, 1.54) is 6.21 Å². The molecule has 0 aromatic heterocycles. The molecule has 0 amide bonds. The van der Waals surface area contributed by atoms with Gasteiger partial charge < -0.3 is 16.5 Å². The van der Waals surface area contributed by atoms with Crippen LogP contribution in [0.1, 0.15) is 33.1 Å². The van der Waals surface area contributed by atoms with E-state index in [0.29, 0.717) is 6.04 Å². The lowest BCUT2D eigenvalue weighted by Crippen LogP contribution is -2.50. The minimum absolute atomic E-state index is 0.212. The van der Waals surface area contributed by atoms with Gasteiger partial charge in [0, 0.05) is 30.4 Å². The second-order valence-electron chi connectivity index (χ2n) is 4.92. The van der Waals surface area contributed by atoms with Crippen LogP contribution >= 0.6 is 0 Å². The third-order valence-electron chi connectivity index (χ3n) is 3.14. The molecule has 0 radical (unpaired) electrons. The van der Waals surface area contributed by atoms with Crippen molar-refractivity contribution in [2.45, 2.75) is 45.2 Å². The number of allylic oxidation sites excluding steroid dienone is 2. The van der Waals surface area contributed by atoms with Crippen molar-refractivity contribution in [1.29, 1.82) is 5.41 Å². The number of aliphatic imine (C=N–C) groups is 1. The molecule has 4 nitrogen and oxygen atoms in total. The molecular formula is C14H24N4. The molecular weight excluding hydrogens is 224 g/mol. The Hall–Kier alpha value is -1.26. The highest BCUT2D eigenvalue weighted by molar-refractivity contribution is 5.85. The van der Waals surface area contributed by atoms with Crippen molar-refractivity contribution in [1.82, 2.24) is 5.32 Å². The van der Waals surface area contributed by atoms with E-state index in [-0.39, 0.29) is 6.04 Å². The fourth-order valence-corrected chi connectivity index (χ4v) is 2.12. The van der Waals surface area contributed by atoms with Crippen LogP contribution in [0.25, 0.3) is 0 Å². The molecule has 1 aliphatic rings. The monoisotopic (exact) mass is 248 g/mol. The van der Waals surface area contributed by atoms with Crippen molar-refractivity contribution in [2.24, 2.45) is 10.7 Å². The maximum Gasteiger partial charge on any atom is 0.0667 e. The normalized spacial score (nSPS) is 25.9. The SMILES string of the molecule is C=C(C)C(=C/C=N)/N=C(\C)CC1NCCCC1N. The lowest BCUT2D eigenvalue weighted by atomic mass is 9.95. The van der Waals surface area contributed by atoms with Gasteiger partial charge in [-0.1, -0.05) is 6.58 Å². The highest BCUT2D eigenvalue weighted by Crippen LogP contribution is 2.13. The predicted octanol–water partition coefficient (Wildman–Crippen LogP) is 2.03. The molecule has 4 N–H and O–H groups in total. The molecule has 0 saturated carbocycles. The lowest BCUT2D eigenvalue weighted by molar-refractivity contribution is 0.357. The molecule has 100 valence electrons. The third kappa shape index (κ3) is 4.55. The van der Waals surface area contributed by atoms with E-state index < -0.39 is 0 Å². The fourth-order valence-electron chi connectivity index (χ4n) is 2.12. The summed E-state index contributed by atoms with van der Waals surface area (Å²) in [6, 6.07) is 0.526. The number of nitrogens with two attached hydrogens (primary N) is 1. The van der Waals surface area contributed by atoms with E-state index in [9.17, 15) is 0 Å². The summed E-state index contributed by atoms with van der Waals surface area (Å²) in [6.07, 6.45) is 5.99. The van der Waals surface area contributed by atoms with Gasteiger partial charge in [0.15, 0.2) is 0 Å². The molecule has 4 heteroatoms. The van der Waals surface area contributed by atoms with Crippen molar-refractivity contribution in [3.05, 3.63) is 23.9 Å². The number of nitrogens with zero attached hydrogens (tertiary/aromatic N) is 1. The summed E-state index contributed by atoms with van der Waals surface area (Å²) >= 11 is 0.